The summed E-state index contributed by atoms with van der Waals surface area (Å²) in [5.74, 6) is 1.33. The van der Waals surface area contributed by atoms with Gasteiger partial charge >= 0.3 is 6.03 Å². The van der Waals surface area contributed by atoms with Crippen LogP contribution in [0.5, 0.6) is 5.88 Å². The number of aromatic nitrogens is 1. The van der Waals surface area contributed by atoms with Crippen LogP contribution in [0.25, 0.3) is 0 Å². The van der Waals surface area contributed by atoms with Crippen LogP contribution in [-0.4, -0.2) is 17.6 Å². The van der Waals surface area contributed by atoms with Crippen molar-refractivity contribution in [3.63, 3.8) is 0 Å². The molecule has 1 aromatic carbocycles. The van der Waals surface area contributed by atoms with Gasteiger partial charge in [-0.3, -0.25) is 0 Å². The smallest absolute Gasteiger partial charge is 0.315 e. The second kappa shape index (κ2) is 8.21. The average molecular weight is 360 g/mol. The largest absolute Gasteiger partial charge is 0.477 e. The number of hydrogen-bond acceptors (Lipinski definition) is 3. The first-order chi connectivity index (χ1) is 12.1. The number of hydrogen-bond donors (Lipinski definition) is 2. The van der Waals surface area contributed by atoms with Crippen LogP contribution < -0.4 is 15.4 Å². The molecule has 1 atom stereocenters. The summed E-state index contributed by atoms with van der Waals surface area (Å²) < 4.78 is 5.60. The molecule has 2 N–H and O–H groups in total. The monoisotopic (exact) mass is 359 g/mol. The highest BCUT2D eigenvalue weighted by molar-refractivity contribution is 6.31. The summed E-state index contributed by atoms with van der Waals surface area (Å²) in [5, 5.41) is 6.34. The molecule has 0 radical (unpaired) electrons. The minimum Gasteiger partial charge on any atom is -0.477 e. The number of carbonyl (C=O) groups is 1. The van der Waals surface area contributed by atoms with E-state index in [9.17, 15) is 4.79 Å². The van der Waals surface area contributed by atoms with Crippen LogP contribution in [0.1, 0.15) is 36.9 Å². The van der Waals surface area contributed by atoms with Crippen molar-refractivity contribution in [2.75, 3.05) is 6.61 Å². The minimum absolute atomic E-state index is 0.176. The van der Waals surface area contributed by atoms with Gasteiger partial charge in [-0.2, -0.15) is 0 Å². The van der Waals surface area contributed by atoms with E-state index in [1.54, 1.807) is 6.20 Å². The third kappa shape index (κ3) is 5.36. The Bertz CT molecular complexity index is 717. The summed E-state index contributed by atoms with van der Waals surface area (Å²) >= 11 is 6.15. The van der Waals surface area contributed by atoms with Crippen molar-refractivity contribution in [2.24, 2.45) is 5.92 Å². The molecule has 0 bridgehead atoms. The lowest BCUT2D eigenvalue weighted by Gasteiger charge is -2.16. The number of ether oxygens (including phenoxy) is 1. The van der Waals surface area contributed by atoms with Crippen molar-refractivity contribution < 1.29 is 9.53 Å². The lowest BCUT2D eigenvalue weighted by Crippen LogP contribution is -2.36. The SMILES string of the molecule is CC(NC(=O)NCc1ccc(OCC2CC2)nc1)c1ccccc1Cl. The molecule has 0 saturated heterocycles. The van der Waals surface area contributed by atoms with Crippen LogP contribution >= 0.6 is 11.6 Å². The fourth-order valence-corrected chi connectivity index (χ4v) is 2.72. The Morgan fingerprint density at radius 1 is 1.32 bits per heavy atom. The second-order valence-electron chi connectivity index (χ2n) is 6.33. The third-order valence-corrected chi connectivity index (χ3v) is 4.48. The molecule has 0 aliphatic heterocycles. The normalized spacial score (nSPS) is 14.6. The Kier molecular flexibility index (Phi) is 5.76. The van der Waals surface area contributed by atoms with Gasteiger partial charge in [-0.25, -0.2) is 9.78 Å². The zero-order valence-electron chi connectivity index (χ0n) is 14.2. The van der Waals surface area contributed by atoms with E-state index in [-0.39, 0.29) is 12.1 Å². The van der Waals surface area contributed by atoms with E-state index >= 15 is 0 Å². The molecule has 3 rings (SSSR count). The van der Waals surface area contributed by atoms with Gasteiger partial charge in [-0.15, -0.1) is 0 Å². The molecule has 1 fully saturated rings. The van der Waals surface area contributed by atoms with E-state index in [1.807, 2.05) is 43.3 Å². The second-order valence-corrected chi connectivity index (χ2v) is 6.74. The number of halogens is 1. The highest BCUT2D eigenvalue weighted by atomic mass is 35.5. The number of urea groups is 1. The fraction of sp³-hybridized carbons (Fsp3) is 0.368. The number of amides is 2. The zero-order valence-corrected chi connectivity index (χ0v) is 14.9. The molecule has 1 aliphatic rings. The van der Waals surface area contributed by atoms with E-state index in [0.29, 0.717) is 23.4 Å². The number of pyridine rings is 1. The van der Waals surface area contributed by atoms with Crippen molar-refractivity contribution >= 4 is 17.6 Å². The highest BCUT2D eigenvalue weighted by Crippen LogP contribution is 2.29. The van der Waals surface area contributed by atoms with Crippen LogP contribution in [0.2, 0.25) is 5.02 Å². The summed E-state index contributed by atoms with van der Waals surface area (Å²) in [5.41, 5.74) is 1.80. The van der Waals surface area contributed by atoms with Crippen LogP contribution in [0.15, 0.2) is 42.6 Å². The Hall–Kier alpha value is -2.27. The van der Waals surface area contributed by atoms with E-state index in [0.717, 1.165) is 17.7 Å². The van der Waals surface area contributed by atoms with Crippen molar-refractivity contribution in [1.29, 1.82) is 0 Å². The molecule has 25 heavy (non-hydrogen) atoms. The van der Waals surface area contributed by atoms with E-state index in [4.69, 9.17) is 16.3 Å². The molecule has 5 nitrogen and oxygen atoms in total. The van der Waals surface area contributed by atoms with Crippen molar-refractivity contribution in [3.8, 4) is 5.88 Å². The van der Waals surface area contributed by atoms with Gasteiger partial charge < -0.3 is 15.4 Å². The number of nitrogens with one attached hydrogen (secondary N) is 2. The lowest BCUT2D eigenvalue weighted by molar-refractivity contribution is 0.237. The first-order valence-electron chi connectivity index (χ1n) is 8.48. The van der Waals surface area contributed by atoms with E-state index in [1.165, 1.54) is 12.8 Å². The van der Waals surface area contributed by atoms with Gasteiger partial charge in [0.05, 0.1) is 12.6 Å². The van der Waals surface area contributed by atoms with Crippen LogP contribution in [0.4, 0.5) is 4.79 Å². The average Bonchev–Trinajstić information content (AvgIpc) is 3.44. The maximum atomic E-state index is 12.1. The highest BCUT2D eigenvalue weighted by Gasteiger charge is 2.22. The van der Waals surface area contributed by atoms with E-state index in [2.05, 4.69) is 15.6 Å². The Morgan fingerprint density at radius 3 is 2.80 bits per heavy atom. The van der Waals surface area contributed by atoms with Gasteiger partial charge in [0.15, 0.2) is 0 Å². The summed E-state index contributed by atoms with van der Waals surface area (Å²) in [6.45, 7) is 3.04. The standard InChI is InChI=1S/C19H22ClN3O2/c1-13(16-4-2-3-5-17(16)20)23-19(24)22-11-15-8-9-18(21-10-15)25-12-14-6-7-14/h2-5,8-10,13-14H,6-7,11-12H2,1H3,(H2,22,23,24). The summed E-state index contributed by atoms with van der Waals surface area (Å²) in [6, 6.07) is 10.8. The molecule has 6 heteroatoms. The Balaban J connectivity index is 1.44. The third-order valence-electron chi connectivity index (χ3n) is 4.13. The van der Waals surface area contributed by atoms with Gasteiger partial charge in [-0.1, -0.05) is 35.9 Å². The number of benzene rings is 1. The molecule has 132 valence electrons. The quantitative estimate of drug-likeness (QED) is 0.782. The van der Waals surface area contributed by atoms with E-state index < -0.39 is 0 Å². The molecular formula is C19H22ClN3O2. The molecule has 1 heterocycles. The molecule has 1 aliphatic carbocycles. The first kappa shape index (κ1) is 17.5. The van der Waals surface area contributed by atoms with Crippen LogP contribution in [0.3, 0.4) is 0 Å². The minimum atomic E-state index is -0.249. The summed E-state index contributed by atoms with van der Waals surface area (Å²) in [7, 11) is 0. The molecular weight excluding hydrogens is 338 g/mol. The zero-order chi connectivity index (χ0) is 17.6. The van der Waals surface area contributed by atoms with Gasteiger partial charge in [-0.05, 0) is 42.9 Å². The Morgan fingerprint density at radius 2 is 2.12 bits per heavy atom. The Labute approximate surface area is 152 Å². The van der Waals surface area contributed by atoms with Gasteiger partial charge in [0.2, 0.25) is 5.88 Å². The number of rotatable bonds is 7. The van der Waals surface area contributed by atoms with Crippen LogP contribution in [-0.2, 0) is 6.54 Å². The summed E-state index contributed by atoms with van der Waals surface area (Å²) in [6.07, 6.45) is 4.23. The van der Waals surface area contributed by atoms with Gasteiger partial charge in [0.25, 0.3) is 0 Å². The first-order valence-corrected chi connectivity index (χ1v) is 8.86. The topological polar surface area (TPSA) is 63.2 Å². The lowest BCUT2D eigenvalue weighted by atomic mass is 10.1. The predicted molar refractivity (Wildman–Crippen MR) is 97.7 cm³/mol. The molecule has 2 amide bonds. The maximum absolute atomic E-state index is 12.1. The molecule has 1 aromatic heterocycles. The molecule has 2 aromatic rings. The molecule has 1 unspecified atom stereocenters. The fourth-order valence-electron chi connectivity index (χ4n) is 2.42. The van der Waals surface area contributed by atoms with Gasteiger partial charge in [0, 0.05) is 23.8 Å². The maximum Gasteiger partial charge on any atom is 0.315 e. The molecule has 0 spiro atoms. The molecule has 1 saturated carbocycles. The predicted octanol–water partition coefficient (Wildman–Crippen LogP) is 4.08. The summed E-state index contributed by atoms with van der Waals surface area (Å²) in [4.78, 5) is 16.3. The van der Waals surface area contributed by atoms with Crippen molar-refractivity contribution in [2.45, 2.75) is 32.4 Å². The number of nitrogens with zero attached hydrogens (tertiary/aromatic N) is 1. The van der Waals surface area contributed by atoms with Crippen molar-refractivity contribution in [1.82, 2.24) is 15.6 Å². The van der Waals surface area contributed by atoms with Gasteiger partial charge in [0.1, 0.15) is 0 Å². The van der Waals surface area contributed by atoms with Crippen LogP contribution in [0, 0.1) is 5.92 Å². The number of carbonyl (C=O) groups excluding carboxylic acids is 1. The van der Waals surface area contributed by atoms with Crippen molar-refractivity contribution in [3.05, 3.63) is 58.7 Å².